The van der Waals surface area contributed by atoms with Crippen molar-refractivity contribution in [3.8, 4) is 0 Å². The lowest BCUT2D eigenvalue weighted by atomic mass is 9.94. The Bertz CT molecular complexity index is 892. The third-order valence-electron chi connectivity index (χ3n) is 5.90. The van der Waals surface area contributed by atoms with Crippen molar-refractivity contribution in [2.75, 3.05) is 31.1 Å². The van der Waals surface area contributed by atoms with Crippen molar-refractivity contribution in [2.45, 2.75) is 45.6 Å². The minimum Gasteiger partial charge on any atom is -0.357 e. The Hall–Kier alpha value is -2.97. The fraction of sp³-hybridized carbons (Fsp3) is 0.571. The van der Waals surface area contributed by atoms with Crippen LogP contribution in [0.15, 0.2) is 23.0 Å². The van der Waals surface area contributed by atoms with Crippen molar-refractivity contribution < 1.29 is 14.2 Å². The van der Waals surface area contributed by atoms with E-state index in [2.05, 4.69) is 30.1 Å². The summed E-state index contributed by atoms with van der Waals surface area (Å²) in [7, 11) is 0. The quantitative estimate of drug-likeness (QED) is 0.773. The van der Waals surface area contributed by atoms with Crippen molar-refractivity contribution in [2.24, 2.45) is 5.92 Å². The van der Waals surface area contributed by atoms with Gasteiger partial charge in [0, 0.05) is 44.4 Å². The summed E-state index contributed by atoms with van der Waals surface area (Å²) in [5, 5.41) is 10.4. The molecule has 2 aliphatic heterocycles. The zero-order valence-corrected chi connectivity index (χ0v) is 17.3. The Balaban J connectivity index is 1.32. The predicted octanol–water partition coefficient (Wildman–Crippen LogP) is 1.93. The highest BCUT2D eigenvalue weighted by molar-refractivity contribution is 5.95. The van der Waals surface area contributed by atoms with Gasteiger partial charge in [-0.05, 0) is 50.7 Å². The monoisotopic (exact) mass is 412 g/mol. The number of piperidine rings is 1. The fourth-order valence-corrected chi connectivity index (χ4v) is 4.20. The van der Waals surface area contributed by atoms with Gasteiger partial charge in [0.15, 0.2) is 0 Å². The molecule has 30 heavy (non-hydrogen) atoms. The Labute approximate surface area is 175 Å². The number of hydrogen-bond donors (Lipinski definition) is 1. The summed E-state index contributed by atoms with van der Waals surface area (Å²) >= 11 is 0. The number of rotatable bonds is 6. The van der Waals surface area contributed by atoms with Crippen LogP contribution in [-0.2, 0) is 11.3 Å². The van der Waals surface area contributed by atoms with Crippen LogP contribution >= 0.6 is 0 Å². The van der Waals surface area contributed by atoms with Crippen LogP contribution in [0, 0.1) is 12.8 Å². The van der Waals surface area contributed by atoms with Crippen LogP contribution in [0.1, 0.15) is 53.8 Å². The van der Waals surface area contributed by atoms with E-state index in [-0.39, 0.29) is 17.7 Å². The summed E-state index contributed by atoms with van der Waals surface area (Å²) in [6, 6.07) is 3.69. The largest absolute Gasteiger partial charge is 0.357 e. The van der Waals surface area contributed by atoms with E-state index in [9.17, 15) is 9.59 Å². The first-order valence-corrected chi connectivity index (χ1v) is 10.6. The highest BCUT2D eigenvalue weighted by Crippen LogP contribution is 2.23. The van der Waals surface area contributed by atoms with Crippen LogP contribution in [0.5, 0.6) is 0 Å². The molecule has 0 bridgehead atoms. The molecule has 9 nitrogen and oxygen atoms in total. The van der Waals surface area contributed by atoms with Crippen molar-refractivity contribution in [3.63, 3.8) is 0 Å². The van der Waals surface area contributed by atoms with Crippen LogP contribution in [0.2, 0.25) is 0 Å². The smallest absolute Gasteiger partial charge is 0.254 e. The normalized spacial score (nSPS) is 19.2. The van der Waals surface area contributed by atoms with Crippen molar-refractivity contribution in [3.05, 3.63) is 35.3 Å². The Kier molecular flexibility index (Phi) is 6.25. The highest BCUT2D eigenvalue weighted by atomic mass is 16.6. The first-order chi connectivity index (χ1) is 14.6. The molecular formula is C21H28N6O3. The Morgan fingerprint density at radius 2 is 2.03 bits per heavy atom. The second kappa shape index (κ2) is 9.23. The third kappa shape index (κ3) is 4.77. The van der Waals surface area contributed by atoms with Gasteiger partial charge in [0.2, 0.25) is 5.91 Å². The lowest BCUT2D eigenvalue weighted by Crippen LogP contribution is -2.41. The van der Waals surface area contributed by atoms with Crippen LogP contribution in [0.25, 0.3) is 0 Å². The van der Waals surface area contributed by atoms with Gasteiger partial charge in [-0.15, -0.1) is 0 Å². The molecule has 2 aromatic rings. The van der Waals surface area contributed by atoms with Crippen molar-refractivity contribution >= 4 is 17.6 Å². The van der Waals surface area contributed by atoms with Gasteiger partial charge in [0.25, 0.3) is 5.91 Å². The molecule has 2 fully saturated rings. The number of pyridine rings is 1. The molecule has 0 radical (unpaired) electrons. The number of amides is 2. The van der Waals surface area contributed by atoms with Gasteiger partial charge >= 0.3 is 0 Å². The topological polar surface area (TPSA) is 104 Å². The van der Waals surface area contributed by atoms with E-state index in [4.69, 9.17) is 0 Å². The highest BCUT2D eigenvalue weighted by Gasteiger charge is 2.27. The maximum absolute atomic E-state index is 13.1. The minimum absolute atomic E-state index is 0.0206. The molecule has 2 aliphatic rings. The number of anilines is 1. The Morgan fingerprint density at radius 3 is 2.80 bits per heavy atom. The molecule has 2 amide bonds. The number of aromatic nitrogens is 3. The van der Waals surface area contributed by atoms with Gasteiger partial charge in [-0.2, -0.15) is 0 Å². The molecule has 160 valence electrons. The van der Waals surface area contributed by atoms with Gasteiger partial charge in [0.05, 0.1) is 6.54 Å². The summed E-state index contributed by atoms with van der Waals surface area (Å²) in [6.07, 6.45) is 6.29. The lowest BCUT2D eigenvalue weighted by Gasteiger charge is -2.32. The van der Waals surface area contributed by atoms with Crippen LogP contribution < -0.4 is 10.2 Å². The molecule has 0 aliphatic carbocycles. The van der Waals surface area contributed by atoms with E-state index in [1.54, 1.807) is 19.2 Å². The van der Waals surface area contributed by atoms with E-state index in [0.29, 0.717) is 36.5 Å². The van der Waals surface area contributed by atoms with E-state index in [1.165, 1.54) is 12.8 Å². The second-order valence-corrected chi connectivity index (χ2v) is 8.13. The first-order valence-electron chi connectivity index (χ1n) is 10.6. The second-order valence-electron chi connectivity index (χ2n) is 8.13. The number of nitrogens with zero attached hydrogens (tertiary/aromatic N) is 5. The summed E-state index contributed by atoms with van der Waals surface area (Å²) < 4.78 is 4.65. The molecule has 2 saturated heterocycles. The number of hydrogen-bond acceptors (Lipinski definition) is 7. The molecule has 4 rings (SSSR count). The maximum Gasteiger partial charge on any atom is 0.254 e. The van der Waals surface area contributed by atoms with Crippen molar-refractivity contribution in [1.82, 2.24) is 25.5 Å². The van der Waals surface area contributed by atoms with Crippen LogP contribution in [-0.4, -0.2) is 58.2 Å². The molecular weight excluding hydrogens is 384 g/mol. The van der Waals surface area contributed by atoms with Gasteiger partial charge in [-0.1, -0.05) is 10.3 Å². The van der Waals surface area contributed by atoms with E-state index in [1.807, 2.05) is 11.0 Å². The standard InChI is InChI=1S/C21H28N6O3/c1-15-18(25-30-24-15)13-23-20(28)11-16-5-4-10-27(14-16)21(29)17-6-7-22-19(12-17)26-8-2-3-9-26/h6-7,12,16H,2-5,8-11,13-14H2,1H3,(H,23,28)/t16-/m0/s1. The molecule has 0 saturated carbocycles. The number of carbonyl (C=O) groups excluding carboxylic acids is 2. The van der Waals surface area contributed by atoms with E-state index >= 15 is 0 Å². The molecule has 1 atom stereocenters. The molecule has 0 spiro atoms. The number of aryl methyl sites for hydroxylation is 1. The van der Waals surface area contributed by atoms with Gasteiger partial charge < -0.3 is 15.1 Å². The SMILES string of the molecule is Cc1nonc1CNC(=O)C[C@@H]1CCCN(C(=O)c2ccnc(N3CCCC3)c2)C1. The van der Waals surface area contributed by atoms with E-state index < -0.39 is 0 Å². The van der Waals surface area contributed by atoms with Crippen LogP contribution in [0.4, 0.5) is 5.82 Å². The molecule has 4 heterocycles. The zero-order valence-electron chi connectivity index (χ0n) is 17.3. The lowest BCUT2D eigenvalue weighted by molar-refractivity contribution is -0.122. The first kappa shape index (κ1) is 20.3. The molecule has 1 N–H and O–H groups in total. The summed E-state index contributed by atoms with van der Waals surface area (Å²) in [5.41, 5.74) is 1.98. The molecule has 2 aromatic heterocycles. The molecule has 0 unspecified atom stereocenters. The maximum atomic E-state index is 13.1. The fourth-order valence-electron chi connectivity index (χ4n) is 4.20. The predicted molar refractivity (Wildman–Crippen MR) is 110 cm³/mol. The minimum atomic E-state index is -0.0445. The van der Waals surface area contributed by atoms with Gasteiger partial charge in [-0.25, -0.2) is 9.61 Å². The van der Waals surface area contributed by atoms with Crippen LogP contribution in [0.3, 0.4) is 0 Å². The molecule has 9 heteroatoms. The van der Waals surface area contributed by atoms with E-state index in [0.717, 1.165) is 38.3 Å². The average molecular weight is 412 g/mol. The Morgan fingerprint density at radius 1 is 1.20 bits per heavy atom. The zero-order chi connectivity index (χ0) is 20.9. The summed E-state index contributed by atoms with van der Waals surface area (Å²) in [5.74, 6) is 1.01. The number of carbonyl (C=O) groups is 2. The number of likely N-dealkylation sites (tertiary alicyclic amines) is 1. The van der Waals surface area contributed by atoms with Gasteiger partial charge in [-0.3, -0.25) is 9.59 Å². The summed E-state index contributed by atoms with van der Waals surface area (Å²) in [6.45, 7) is 5.40. The average Bonchev–Trinajstić information content (AvgIpc) is 3.44. The van der Waals surface area contributed by atoms with Gasteiger partial charge in [0.1, 0.15) is 17.2 Å². The van der Waals surface area contributed by atoms with Crippen molar-refractivity contribution in [1.29, 1.82) is 0 Å². The summed E-state index contributed by atoms with van der Waals surface area (Å²) in [4.78, 5) is 34.0. The number of nitrogens with one attached hydrogen (secondary N) is 1. The molecule has 0 aromatic carbocycles. The third-order valence-corrected chi connectivity index (χ3v) is 5.90.